The van der Waals surface area contributed by atoms with Crippen molar-refractivity contribution in [3.63, 3.8) is 0 Å². The van der Waals surface area contributed by atoms with E-state index in [1.807, 2.05) is 29.2 Å². The smallest absolute Gasteiger partial charge is 0.222 e. The number of piperazine rings is 1. The van der Waals surface area contributed by atoms with Gasteiger partial charge in [-0.05, 0) is 46.9 Å². The second-order valence-electron chi connectivity index (χ2n) is 8.41. The highest BCUT2D eigenvalue weighted by Crippen LogP contribution is 2.28. The van der Waals surface area contributed by atoms with Gasteiger partial charge in [0, 0.05) is 39.1 Å². The van der Waals surface area contributed by atoms with E-state index in [0.29, 0.717) is 24.3 Å². The first-order valence-electron chi connectivity index (χ1n) is 11.5. The van der Waals surface area contributed by atoms with E-state index in [0.717, 1.165) is 38.3 Å². The number of carbonyl (C=O) groups excluding carboxylic acids is 1. The molecule has 0 saturated carbocycles. The first-order chi connectivity index (χ1) is 16.2. The van der Waals surface area contributed by atoms with E-state index in [1.165, 1.54) is 16.7 Å². The normalized spacial score (nSPS) is 14.2. The molecule has 3 aromatic carbocycles. The van der Waals surface area contributed by atoms with E-state index in [4.69, 9.17) is 9.47 Å². The van der Waals surface area contributed by atoms with Gasteiger partial charge in [-0.3, -0.25) is 9.69 Å². The molecule has 5 heteroatoms. The molecule has 1 amide bonds. The topological polar surface area (TPSA) is 42.0 Å². The molecule has 1 aliphatic heterocycles. The predicted octanol–water partition coefficient (Wildman–Crippen LogP) is 4.65. The Morgan fingerprint density at radius 1 is 0.758 bits per heavy atom. The maximum atomic E-state index is 12.8. The Kier molecular flexibility index (Phi) is 7.63. The highest BCUT2D eigenvalue weighted by atomic mass is 16.5. The summed E-state index contributed by atoms with van der Waals surface area (Å²) in [5, 5.41) is 0. The second kappa shape index (κ2) is 11.0. The third-order valence-corrected chi connectivity index (χ3v) is 6.24. The van der Waals surface area contributed by atoms with E-state index in [1.54, 1.807) is 14.2 Å². The van der Waals surface area contributed by atoms with Crippen LogP contribution in [0.3, 0.4) is 0 Å². The minimum atomic E-state index is 0.218. The zero-order chi connectivity index (χ0) is 23.0. The summed E-state index contributed by atoms with van der Waals surface area (Å²) in [6.07, 6.45) is 1.21. The highest BCUT2D eigenvalue weighted by Gasteiger charge is 2.21. The minimum Gasteiger partial charge on any atom is -0.493 e. The summed E-state index contributed by atoms with van der Waals surface area (Å²) >= 11 is 0. The number of rotatable bonds is 8. The lowest BCUT2D eigenvalue weighted by Crippen LogP contribution is -2.48. The average molecular weight is 445 g/mol. The number of hydrogen-bond donors (Lipinski definition) is 0. The van der Waals surface area contributed by atoms with E-state index >= 15 is 0 Å². The van der Waals surface area contributed by atoms with Crippen LogP contribution in [0.2, 0.25) is 0 Å². The van der Waals surface area contributed by atoms with Crippen molar-refractivity contribution < 1.29 is 14.3 Å². The molecule has 5 nitrogen and oxygen atoms in total. The molecule has 1 aliphatic rings. The fourth-order valence-electron chi connectivity index (χ4n) is 4.34. The van der Waals surface area contributed by atoms with Crippen molar-refractivity contribution in [3.05, 3.63) is 83.9 Å². The quantitative estimate of drug-likeness (QED) is 0.507. The SMILES string of the molecule is COc1ccc(CCC(=O)N2CCN(Cc3cccc(-c4ccccc4)c3)CC2)cc1OC. The predicted molar refractivity (Wildman–Crippen MR) is 132 cm³/mol. The fourth-order valence-corrected chi connectivity index (χ4v) is 4.34. The lowest BCUT2D eigenvalue weighted by atomic mass is 10.0. The Bertz CT molecular complexity index is 1060. The highest BCUT2D eigenvalue weighted by molar-refractivity contribution is 5.76. The number of benzene rings is 3. The van der Waals surface area contributed by atoms with Gasteiger partial charge in [0.1, 0.15) is 0 Å². The second-order valence-corrected chi connectivity index (χ2v) is 8.41. The van der Waals surface area contributed by atoms with Crippen LogP contribution >= 0.6 is 0 Å². The summed E-state index contributed by atoms with van der Waals surface area (Å²) in [4.78, 5) is 17.2. The fraction of sp³-hybridized carbons (Fsp3) is 0.321. The van der Waals surface area contributed by atoms with Crippen molar-refractivity contribution in [3.8, 4) is 22.6 Å². The molecule has 0 aromatic heterocycles. The Morgan fingerprint density at radius 2 is 1.48 bits per heavy atom. The molecule has 1 saturated heterocycles. The van der Waals surface area contributed by atoms with Crippen molar-refractivity contribution in [2.75, 3.05) is 40.4 Å². The Balaban J connectivity index is 1.26. The molecule has 172 valence electrons. The zero-order valence-electron chi connectivity index (χ0n) is 19.5. The lowest BCUT2D eigenvalue weighted by Gasteiger charge is -2.35. The van der Waals surface area contributed by atoms with Crippen LogP contribution in [-0.4, -0.2) is 56.1 Å². The molecule has 0 radical (unpaired) electrons. The maximum absolute atomic E-state index is 12.8. The van der Waals surface area contributed by atoms with Crippen LogP contribution in [0.25, 0.3) is 11.1 Å². The molecule has 0 N–H and O–H groups in total. The molecular weight excluding hydrogens is 412 g/mol. The molecule has 1 fully saturated rings. The molecule has 0 bridgehead atoms. The Labute approximate surface area is 196 Å². The maximum Gasteiger partial charge on any atom is 0.222 e. The van der Waals surface area contributed by atoms with Gasteiger partial charge >= 0.3 is 0 Å². The summed E-state index contributed by atoms with van der Waals surface area (Å²) in [5.74, 6) is 1.63. The Morgan fingerprint density at radius 3 is 2.21 bits per heavy atom. The first-order valence-corrected chi connectivity index (χ1v) is 11.5. The van der Waals surface area contributed by atoms with Crippen molar-refractivity contribution in [1.29, 1.82) is 0 Å². The minimum absolute atomic E-state index is 0.218. The molecule has 3 aromatic rings. The van der Waals surface area contributed by atoms with Gasteiger partial charge < -0.3 is 14.4 Å². The summed E-state index contributed by atoms with van der Waals surface area (Å²) in [6.45, 7) is 4.27. The molecule has 4 rings (SSSR count). The van der Waals surface area contributed by atoms with E-state index in [2.05, 4.69) is 53.4 Å². The van der Waals surface area contributed by atoms with Crippen LogP contribution in [0, 0.1) is 0 Å². The monoisotopic (exact) mass is 444 g/mol. The van der Waals surface area contributed by atoms with Crippen LogP contribution in [0.5, 0.6) is 11.5 Å². The number of methoxy groups -OCH3 is 2. The number of carbonyl (C=O) groups is 1. The summed E-state index contributed by atoms with van der Waals surface area (Å²) < 4.78 is 10.7. The third kappa shape index (κ3) is 5.93. The van der Waals surface area contributed by atoms with Crippen molar-refractivity contribution in [2.24, 2.45) is 0 Å². The van der Waals surface area contributed by atoms with Crippen LogP contribution in [0.15, 0.2) is 72.8 Å². The number of amides is 1. The number of hydrogen-bond acceptors (Lipinski definition) is 4. The zero-order valence-corrected chi connectivity index (χ0v) is 19.5. The van der Waals surface area contributed by atoms with Gasteiger partial charge in [-0.1, -0.05) is 54.6 Å². The molecule has 1 heterocycles. The molecule has 33 heavy (non-hydrogen) atoms. The van der Waals surface area contributed by atoms with Gasteiger partial charge in [0.15, 0.2) is 11.5 Å². The van der Waals surface area contributed by atoms with Gasteiger partial charge in [-0.25, -0.2) is 0 Å². The number of aryl methyl sites for hydroxylation is 1. The van der Waals surface area contributed by atoms with Crippen LogP contribution in [-0.2, 0) is 17.8 Å². The standard InChI is InChI=1S/C28H32N2O3/c1-32-26-13-11-22(20-27(26)33-2)12-14-28(31)30-17-15-29(16-18-30)21-23-7-6-10-25(19-23)24-8-4-3-5-9-24/h3-11,13,19-20H,12,14-18,21H2,1-2H3. The van der Waals surface area contributed by atoms with Gasteiger partial charge in [0.25, 0.3) is 0 Å². The van der Waals surface area contributed by atoms with Crippen LogP contribution in [0.1, 0.15) is 17.5 Å². The number of ether oxygens (including phenoxy) is 2. The van der Waals surface area contributed by atoms with Crippen molar-refractivity contribution >= 4 is 5.91 Å². The summed E-state index contributed by atoms with van der Waals surface area (Å²) in [5.41, 5.74) is 4.88. The molecule has 0 unspecified atom stereocenters. The van der Waals surface area contributed by atoms with Crippen LogP contribution in [0.4, 0.5) is 0 Å². The van der Waals surface area contributed by atoms with Crippen molar-refractivity contribution in [1.82, 2.24) is 9.80 Å². The molecule has 0 aliphatic carbocycles. The third-order valence-electron chi connectivity index (χ3n) is 6.24. The first kappa shape index (κ1) is 22.9. The van der Waals surface area contributed by atoms with Crippen LogP contribution < -0.4 is 9.47 Å². The molecule has 0 spiro atoms. The summed E-state index contributed by atoms with van der Waals surface area (Å²) in [7, 11) is 3.25. The molecular formula is C28H32N2O3. The lowest BCUT2D eigenvalue weighted by molar-refractivity contribution is -0.133. The van der Waals surface area contributed by atoms with E-state index < -0.39 is 0 Å². The van der Waals surface area contributed by atoms with Gasteiger partial charge in [-0.2, -0.15) is 0 Å². The average Bonchev–Trinajstić information content (AvgIpc) is 2.88. The largest absolute Gasteiger partial charge is 0.493 e. The van der Waals surface area contributed by atoms with Crippen molar-refractivity contribution in [2.45, 2.75) is 19.4 Å². The van der Waals surface area contributed by atoms with Gasteiger partial charge in [0.2, 0.25) is 5.91 Å². The molecule has 0 atom stereocenters. The van der Waals surface area contributed by atoms with E-state index in [-0.39, 0.29) is 5.91 Å². The summed E-state index contributed by atoms with van der Waals surface area (Å²) in [6, 6.07) is 25.1. The van der Waals surface area contributed by atoms with Gasteiger partial charge in [-0.15, -0.1) is 0 Å². The Hall–Kier alpha value is -3.31. The van der Waals surface area contributed by atoms with E-state index in [9.17, 15) is 4.79 Å². The van der Waals surface area contributed by atoms with Gasteiger partial charge in [0.05, 0.1) is 14.2 Å². The number of nitrogens with zero attached hydrogens (tertiary/aromatic N) is 2.